The van der Waals surface area contributed by atoms with E-state index in [4.69, 9.17) is 0 Å². The number of aryl methyl sites for hydroxylation is 1. The Labute approximate surface area is 190 Å². The Kier molecular flexibility index (Phi) is 6.67. The second-order valence-corrected chi connectivity index (χ2v) is 10.5. The standard InChI is InChI=1S/C26H28N2O3S/c1-19-7-5-6-10-25(19)32(30,31)28-23(17-27)26(24(28)18-29)22-15-13-21(14-16-22)12-11-20-8-3-2-4-9-20/h5-7,10,13-16,20,23-24,26,29H,2-4,8-9,18H2,1H3/t23-,24-,26+/m0/s1. The van der Waals surface area contributed by atoms with Gasteiger partial charge in [-0.15, -0.1) is 0 Å². The van der Waals surface area contributed by atoms with Gasteiger partial charge in [-0.3, -0.25) is 0 Å². The van der Waals surface area contributed by atoms with Crippen molar-refractivity contribution in [2.45, 2.75) is 61.9 Å². The van der Waals surface area contributed by atoms with Crippen LogP contribution in [0.25, 0.3) is 0 Å². The van der Waals surface area contributed by atoms with E-state index in [-0.39, 0.29) is 17.4 Å². The Bertz CT molecular complexity index is 1170. The molecule has 166 valence electrons. The second kappa shape index (κ2) is 9.46. The molecule has 1 N–H and O–H groups in total. The summed E-state index contributed by atoms with van der Waals surface area (Å²) in [6.45, 7) is 1.38. The van der Waals surface area contributed by atoms with Crippen molar-refractivity contribution >= 4 is 10.0 Å². The summed E-state index contributed by atoms with van der Waals surface area (Å²) in [5, 5.41) is 19.8. The first-order valence-corrected chi connectivity index (χ1v) is 12.6. The van der Waals surface area contributed by atoms with Crippen LogP contribution in [0, 0.1) is 36.0 Å². The monoisotopic (exact) mass is 448 g/mol. The molecule has 3 atom stereocenters. The van der Waals surface area contributed by atoms with Crippen LogP contribution >= 0.6 is 0 Å². The van der Waals surface area contributed by atoms with Crippen LogP contribution in [0.3, 0.4) is 0 Å². The number of sulfonamides is 1. The summed E-state index contributed by atoms with van der Waals surface area (Å²) in [6.07, 6.45) is 6.14. The zero-order valence-electron chi connectivity index (χ0n) is 18.2. The fourth-order valence-electron chi connectivity index (χ4n) is 4.88. The molecule has 2 aromatic rings. The van der Waals surface area contributed by atoms with E-state index in [9.17, 15) is 18.8 Å². The number of aliphatic hydroxyl groups excluding tert-OH is 1. The lowest BCUT2D eigenvalue weighted by atomic mass is 9.78. The van der Waals surface area contributed by atoms with Crippen LogP contribution in [0.4, 0.5) is 0 Å². The highest BCUT2D eigenvalue weighted by Gasteiger charge is 2.55. The number of nitriles is 1. The molecule has 0 aromatic heterocycles. The lowest BCUT2D eigenvalue weighted by molar-refractivity contribution is 0.0556. The Morgan fingerprint density at radius 1 is 1.06 bits per heavy atom. The smallest absolute Gasteiger partial charge is 0.244 e. The molecule has 2 aromatic carbocycles. The number of benzene rings is 2. The van der Waals surface area contributed by atoms with Gasteiger partial charge >= 0.3 is 0 Å². The maximum absolute atomic E-state index is 13.3. The molecule has 1 aliphatic carbocycles. The lowest BCUT2D eigenvalue weighted by Gasteiger charge is -2.50. The minimum absolute atomic E-state index is 0.172. The van der Waals surface area contributed by atoms with Crippen molar-refractivity contribution in [3.05, 3.63) is 65.2 Å². The summed E-state index contributed by atoms with van der Waals surface area (Å²) < 4.78 is 27.7. The maximum atomic E-state index is 13.3. The molecule has 1 saturated heterocycles. The Hall–Kier alpha value is -2.64. The van der Waals surface area contributed by atoms with E-state index in [2.05, 4.69) is 17.9 Å². The van der Waals surface area contributed by atoms with Crippen LogP contribution < -0.4 is 0 Å². The third-order valence-corrected chi connectivity index (χ3v) is 8.71. The van der Waals surface area contributed by atoms with Crippen molar-refractivity contribution in [2.24, 2.45) is 5.92 Å². The van der Waals surface area contributed by atoms with Gasteiger partial charge in [-0.2, -0.15) is 9.57 Å². The maximum Gasteiger partial charge on any atom is 0.244 e. The molecule has 2 fully saturated rings. The summed E-state index contributed by atoms with van der Waals surface area (Å²) in [4.78, 5) is 0.172. The molecule has 1 heterocycles. The summed E-state index contributed by atoms with van der Waals surface area (Å²) in [5.41, 5.74) is 2.37. The largest absolute Gasteiger partial charge is 0.395 e. The molecule has 1 aliphatic heterocycles. The molecule has 0 amide bonds. The van der Waals surface area contributed by atoms with Crippen LogP contribution in [0.5, 0.6) is 0 Å². The highest BCUT2D eigenvalue weighted by atomic mass is 32.2. The Morgan fingerprint density at radius 2 is 1.75 bits per heavy atom. The summed E-state index contributed by atoms with van der Waals surface area (Å²) in [6, 6.07) is 15.0. The van der Waals surface area contributed by atoms with Gasteiger partial charge in [0.25, 0.3) is 0 Å². The molecular formula is C26H28N2O3S. The van der Waals surface area contributed by atoms with Crippen LogP contribution in [0.15, 0.2) is 53.4 Å². The minimum Gasteiger partial charge on any atom is -0.395 e. The molecule has 0 unspecified atom stereocenters. The summed E-state index contributed by atoms with van der Waals surface area (Å²) in [5.74, 6) is 6.72. The number of rotatable bonds is 4. The van der Waals surface area contributed by atoms with E-state index in [0.29, 0.717) is 11.5 Å². The number of aliphatic hydroxyl groups is 1. The van der Waals surface area contributed by atoms with Crippen LogP contribution in [0.2, 0.25) is 0 Å². The SMILES string of the molecule is Cc1ccccc1S(=O)(=O)N1[C@@H](C#N)[C@@H](c2ccc(C#CC3CCCCC3)cc2)[C@@H]1CO. The van der Waals surface area contributed by atoms with Gasteiger partial charge in [0.2, 0.25) is 10.0 Å². The van der Waals surface area contributed by atoms with Crippen LogP contribution in [0.1, 0.15) is 54.7 Å². The number of nitrogens with zero attached hydrogens (tertiary/aromatic N) is 2. The molecule has 0 spiro atoms. The minimum atomic E-state index is -3.90. The van der Waals surface area contributed by atoms with Crippen molar-refractivity contribution < 1.29 is 13.5 Å². The molecule has 5 nitrogen and oxygen atoms in total. The first-order chi connectivity index (χ1) is 15.5. The van der Waals surface area contributed by atoms with E-state index < -0.39 is 22.1 Å². The average Bonchev–Trinajstić information content (AvgIpc) is 2.79. The summed E-state index contributed by atoms with van der Waals surface area (Å²) >= 11 is 0. The highest BCUT2D eigenvalue weighted by molar-refractivity contribution is 7.89. The number of hydrogen-bond acceptors (Lipinski definition) is 4. The Morgan fingerprint density at radius 3 is 2.38 bits per heavy atom. The van der Waals surface area contributed by atoms with Gasteiger partial charge in [0.1, 0.15) is 6.04 Å². The predicted octanol–water partition coefficient (Wildman–Crippen LogP) is 3.97. The predicted molar refractivity (Wildman–Crippen MR) is 123 cm³/mol. The van der Waals surface area contributed by atoms with Gasteiger partial charge in [0, 0.05) is 17.4 Å². The lowest BCUT2D eigenvalue weighted by Crippen LogP contribution is -2.65. The van der Waals surface area contributed by atoms with Crippen molar-refractivity contribution in [3.8, 4) is 17.9 Å². The van der Waals surface area contributed by atoms with E-state index in [1.54, 1.807) is 31.2 Å². The van der Waals surface area contributed by atoms with Gasteiger partial charge in [-0.05, 0) is 49.1 Å². The zero-order valence-corrected chi connectivity index (χ0v) is 19.1. The number of hydrogen-bond donors (Lipinski definition) is 1. The molecule has 32 heavy (non-hydrogen) atoms. The van der Waals surface area contributed by atoms with Crippen molar-refractivity contribution in [1.29, 1.82) is 5.26 Å². The topological polar surface area (TPSA) is 81.4 Å². The molecular weight excluding hydrogens is 420 g/mol. The van der Waals surface area contributed by atoms with E-state index >= 15 is 0 Å². The van der Waals surface area contributed by atoms with Crippen LogP contribution in [-0.4, -0.2) is 36.5 Å². The zero-order chi connectivity index (χ0) is 22.7. The van der Waals surface area contributed by atoms with Crippen molar-refractivity contribution in [3.63, 3.8) is 0 Å². The fourth-order valence-corrected chi connectivity index (χ4v) is 6.86. The Balaban J connectivity index is 1.56. The molecule has 6 heteroatoms. The van der Waals surface area contributed by atoms with Gasteiger partial charge in [0.15, 0.2) is 0 Å². The van der Waals surface area contributed by atoms with Crippen LogP contribution in [-0.2, 0) is 10.0 Å². The molecule has 4 rings (SSSR count). The molecule has 1 saturated carbocycles. The van der Waals surface area contributed by atoms with Gasteiger partial charge in [-0.25, -0.2) is 8.42 Å². The first kappa shape index (κ1) is 22.6. The third-order valence-electron chi connectivity index (χ3n) is 6.65. The first-order valence-electron chi connectivity index (χ1n) is 11.2. The second-order valence-electron chi connectivity index (χ2n) is 8.68. The van der Waals surface area contributed by atoms with E-state index in [0.717, 1.165) is 15.4 Å². The van der Waals surface area contributed by atoms with E-state index in [1.807, 2.05) is 24.3 Å². The molecule has 2 aliphatic rings. The normalized spacial score (nSPS) is 24.1. The summed E-state index contributed by atoms with van der Waals surface area (Å²) in [7, 11) is -3.90. The third kappa shape index (κ3) is 4.19. The molecule has 0 bridgehead atoms. The quantitative estimate of drug-likeness (QED) is 0.718. The highest BCUT2D eigenvalue weighted by Crippen LogP contribution is 2.44. The fraction of sp³-hybridized carbons (Fsp3) is 0.423. The van der Waals surface area contributed by atoms with Gasteiger partial charge < -0.3 is 5.11 Å². The van der Waals surface area contributed by atoms with Gasteiger partial charge in [0.05, 0.1) is 23.6 Å². The van der Waals surface area contributed by atoms with Crippen molar-refractivity contribution in [2.75, 3.05) is 6.61 Å². The van der Waals surface area contributed by atoms with Crippen molar-refractivity contribution in [1.82, 2.24) is 4.31 Å². The molecule has 0 radical (unpaired) electrons. The van der Waals surface area contributed by atoms with E-state index in [1.165, 1.54) is 32.1 Å². The average molecular weight is 449 g/mol. The van der Waals surface area contributed by atoms with Gasteiger partial charge in [-0.1, -0.05) is 61.4 Å².